The van der Waals surface area contributed by atoms with E-state index in [0.717, 1.165) is 75.9 Å². The van der Waals surface area contributed by atoms with Crippen LogP contribution in [0, 0.1) is 6.92 Å². The molecule has 0 fully saturated rings. The third kappa shape index (κ3) is 3.20. The summed E-state index contributed by atoms with van der Waals surface area (Å²) in [4.78, 5) is 19.1. The maximum absolute atomic E-state index is 4.97. The number of rotatable bonds is 5. The molecule has 5 heteroatoms. The third-order valence-corrected chi connectivity index (χ3v) is 5.76. The molecule has 0 radical (unpaired) electrons. The average molecular weight is 396 g/mol. The van der Waals surface area contributed by atoms with Crippen LogP contribution in [0.1, 0.15) is 36.1 Å². The van der Waals surface area contributed by atoms with Gasteiger partial charge in [0.1, 0.15) is 5.82 Å². The van der Waals surface area contributed by atoms with E-state index in [9.17, 15) is 0 Å². The largest absolute Gasteiger partial charge is 0.331 e. The number of hydrogen-bond acceptors (Lipinski definition) is 4. The summed E-state index contributed by atoms with van der Waals surface area (Å²) in [6.07, 6.45) is 5.65. The second kappa shape index (κ2) is 7.48. The fraction of sp³-hybridized carbons (Fsp3) is 0.280. The number of aromatic nitrogens is 5. The van der Waals surface area contributed by atoms with Crippen molar-refractivity contribution in [2.24, 2.45) is 7.05 Å². The molecule has 0 bridgehead atoms. The van der Waals surface area contributed by atoms with Gasteiger partial charge in [0, 0.05) is 36.4 Å². The molecule has 1 aromatic carbocycles. The van der Waals surface area contributed by atoms with Crippen molar-refractivity contribution >= 4 is 33.0 Å². The second-order valence-electron chi connectivity index (χ2n) is 7.93. The van der Waals surface area contributed by atoms with Crippen molar-refractivity contribution in [3.8, 4) is 0 Å². The zero-order chi connectivity index (χ0) is 20.7. The summed E-state index contributed by atoms with van der Waals surface area (Å²) in [6, 6.07) is 14.6. The fourth-order valence-electron chi connectivity index (χ4n) is 4.28. The molecule has 5 aromatic rings. The Bertz CT molecular complexity index is 1380. The third-order valence-electron chi connectivity index (χ3n) is 5.76. The van der Waals surface area contributed by atoms with Gasteiger partial charge in [-0.25, -0.2) is 4.98 Å². The van der Waals surface area contributed by atoms with Crippen molar-refractivity contribution in [3.63, 3.8) is 0 Å². The smallest absolute Gasteiger partial charge is 0.110 e. The number of fused-ring (bicyclic) bond motifs is 4. The molecule has 0 N–H and O–H groups in total. The predicted molar refractivity (Wildman–Crippen MR) is 122 cm³/mol. The Morgan fingerprint density at radius 1 is 0.867 bits per heavy atom. The Morgan fingerprint density at radius 2 is 1.73 bits per heavy atom. The summed E-state index contributed by atoms with van der Waals surface area (Å²) in [6.45, 7) is 4.26. The van der Waals surface area contributed by atoms with E-state index in [2.05, 4.69) is 71.8 Å². The molecule has 0 unspecified atom stereocenters. The number of pyridine rings is 3. The molecule has 150 valence electrons. The normalized spacial score (nSPS) is 11.7. The van der Waals surface area contributed by atoms with Crippen LogP contribution in [-0.4, -0.2) is 24.5 Å². The number of imidazole rings is 1. The van der Waals surface area contributed by atoms with E-state index < -0.39 is 0 Å². The Kier molecular flexibility index (Phi) is 4.66. The second-order valence-corrected chi connectivity index (χ2v) is 7.93. The molecule has 5 rings (SSSR count). The summed E-state index contributed by atoms with van der Waals surface area (Å²) < 4.78 is 2.19. The SMILES string of the molecule is CCCc1cc(C)nc2ccc(CCc3nc4c5cccnc5ccc4n3C)nc12. The van der Waals surface area contributed by atoms with E-state index in [0.29, 0.717) is 0 Å². The molecule has 0 aliphatic rings. The van der Waals surface area contributed by atoms with E-state index in [4.69, 9.17) is 9.97 Å². The number of benzene rings is 1. The molecule has 0 atom stereocenters. The highest BCUT2D eigenvalue weighted by Crippen LogP contribution is 2.25. The van der Waals surface area contributed by atoms with Gasteiger partial charge in [-0.1, -0.05) is 13.3 Å². The monoisotopic (exact) mass is 395 g/mol. The van der Waals surface area contributed by atoms with Crippen molar-refractivity contribution in [2.45, 2.75) is 39.5 Å². The minimum Gasteiger partial charge on any atom is -0.331 e. The van der Waals surface area contributed by atoms with Gasteiger partial charge in [0.2, 0.25) is 0 Å². The first-order chi connectivity index (χ1) is 14.6. The van der Waals surface area contributed by atoms with Crippen LogP contribution in [0.4, 0.5) is 0 Å². The highest BCUT2D eigenvalue weighted by Gasteiger charge is 2.12. The van der Waals surface area contributed by atoms with Crippen LogP contribution in [0.15, 0.2) is 48.7 Å². The van der Waals surface area contributed by atoms with Crippen molar-refractivity contribution in [1.82, 2.24) is 24.5 Å². The summed E-state index contributed by atoms with van der Waals surface area (Å²) in [5, 5.41) is 1.10. The van der Waals surface area contributed by atoms with Crippen LogP contribution in [0.5, 0.6) is 0 Å². The minimum absolute atomic E-state index is 0.841. The Labute approximate surface area is 175 Å². The zero-order valence-electron chi connectivity index (χ0n) is 17.7. The van der Waals surface area contributed by atoms with Crippen LogP contribution < -0.4 is 0 Å². The summed E-state index contributed by atoms with van der Waals surface area (Å²) in [5.41, 5.74) is 8.62. The van der Waals surface area contributed by atoms with Crippen LogP contribution in [0.3, 0.4) is 0 Å². The van der Waals surface area contributed by atoms with E-state index in [-0.39, 0.29) is 0 Å². The summed E-state index contributed by atoms with van der Waals surface area (Å²) in [5.74, 6) is 1.07. The Hall–Kier alpha value is -3.34. The van der Waals surface area contributed by atoms with Crippen molar-refractivity contribution < 1.29 is 0 Å². The highest BCUT2D eigenvalue weighted by molar-refractivity contribution is 6.02. The molecule has 0 saturated carbocycles. The summed E-state index contributed by atoms with van der Waals surface area (Å²) >= 11 is 0. The molecule has 0 amide bonds. The topological polar surface area (TPSA) is 56.5 Å². The van der Waals surface area contributed by atoms with Crippen molar-refractivity contribution in [2.75, 3.05) is 0 Å². The van der Waals surface area contributed by atoms with Gasteiger partial charge >= 0.3 is 0 Å². The lowest BCUT2D eigenvalue weighted by Crippen LogP contribution is -2.03. The van der Waals surface area contributed by atoms with E-state index >= 15 is 0 Å². The number of aryl methyl sites for hydroxylation is 5. The number of hydrogen-bond donors (Lipinski definition) is 0. The Balaban J connectivity index is 1.48. The van der Waals surface area contributed by atoms with Gasteiger partial charge < -0.3 is 4.57 Å². The molecule has 0 aliphatic heterocycles. The van der Waals surface area contributed by atoms with E-state index in [1.54, 1.807) is 0 Å². The van der Waals surface area contributed by atoms with Crippen LogP contribution in [-0.2, 0) is 26.3 Å². The van der Waals surface area contributed by atoms with Gasteiger partial charge in [-0.15, -0.1) is 0 Å². The molecular weight excluding hydrogens is 370 g/mol. The van der Waals surface area contributed by atoms with Gasteiger partial charge in [0.25, 0.3) is 0 Å². The molecule has 4 aromatic heterocycles. The van der Waals surface area contributed by atoms with Gasteiger partial charge in [-0.3, -0.25) is 15.0 Å². The van der Waals surface area contributed by atoms with Gasteiger partial charge in [-0.05, 0) is 67.8 Å². The van der Waals surface area contributed by atoms with Gasteiger partial charge in [0.15, 0.2) is 0 Å². The highest BCUT2D eigenvalue weighted by atomic mass is 15.1. The first kappa shape index (κ1) is 18.7. The first-order valence-electron chi connectivity index (χ1n) is 10.6. The fourth-order valence-corrected chi connectivity index (χ4v) is 4.28. The van der Waals surface area contributed by atoms with E-state index in [1.165, 1.54) is 5.56 Å². The molecule has 0 aliphatic carbocycles. The standard InChI is InChI=1S/C25H25N5/c1-4-6-17-15-16(2)27-21-10-8-18(28-24(17)21)9-13-23-29-25-19-7-5-14-26-20(19)11-12-22(25)30(23)3/h5,7-8,10-12,14-15H,4,6,9,13H2,1-3H3. The van der Waals surface area contributed by atoms with Crippen molar-refractivity contribution in [1.29, 1.82) is 0 Å². The van der Waals surface area contributed by atoms with Crippen LogP contribution in [0.2, 0.25) is 0 Å². The average Bonchev–Trinajstić information content (AvgIpc) is 3.08. The van der Waals surface area contributed by atoms with Gasteiger partial charge in [0.05, 0.1) is 27.6 Å². The number of nitrogens with zero attached hydrogens (tertiary/aromatic N) is 5. The lowest BCUT2D eigenvalue weighted by Gasteiger charge is -2.08. The molecule has 30 heavy (non-hydrogen) atoms. The van der Waals surface area contributed by atoms with Gasteiger partial charge in [-0.2, -0.15) is 0 Å². The zero-order valence-corrected chi connectivity index (χ0v) is 17.7. The van der Waals surface area contributed by atoms with Crippen LogP contribution in [0.25, 0.3) is 33.0 Å². The molecular formula is C25H25N5. The predicted octanol–water partition coefficient (Wildman–Crippen LogP) is 5.11. The Morgan fingerprint density at radius 3 is 2.60 bits per heavy atom. The first-order valence-corrected chi connectivity index (χ1v) is 10.6. The van der Waals surface area contributed by atoms with Crippen LogP contribution >= 0.6 is 0 Å². The minimum atomic E-state index is 0.841. The molecule has 0 saturated heterocycles. The lowest BCUT2D eigenvalue weighted by atomic mass is 10.1. The maximum atomic E-state index is 4.97. The molecule has 5 nitrogen and oxygen atoms in total. The lowest BCUT2D eigenvalue weighted by molar-refractivity contribution is 0.777. The maximum Gasteiger partial charge on any atom is 0.110 e. The molecule has 0 spiro atoms. The van der Waals surface area contributed by atoms with E-state index in [1.807, 2.05) is 12.3 Å². The quantitative estimate of drug-likeness (QED) is 0.415. The summed E-state index contributed by atoms with van der Waals surface area (Å²) in [7, 11) is 2.09. The van der Waals surface area contributed by atoms with Crippen molar-refractivity contribution in [3.05, 3.63) is 71.4 Å². The molecule has 4 heterocycles.